The Hall–Kier alpha value is -1.91. The smallest absolute Gasteiger partial charge is 0.297 e. The Morgan fingerprint density at radius 3 is 2.50 bits per heavy atom. The minimum atomic E-state index is -4.78. The van der Waals surface area contributed by atoms with Crippen LogP contribution in [0.5, 0.6) is 0 Å². The molecule has 11 heteroatoms. The Morgan fingerprint density at radius 1 is 1.17 bits per heavy atom. The maximum atomic E-state index is 13.1. The van der Waals surface area contributed by atoms with E-state index in [4.69, 9.17) is 11.6 Å². The van der Waals surface area contributed by atoms with E-state index in [0.29, 0.717) is 5.13 Å². The minimum Gasteiger partial charge on any atom is -0.297 e. The normalized spacial score (nSPS) is 12.5. The molecular formula is C13H7ClF3N3O2S2. The van der Waals surface area contributed by atoms with Crippen LogP contribution >= 0.6 is 23.1 Å². The van der Waals surface area contributed by atoms with Crippen LogP contribution in [0.15, 0.2) is 52.5 Å². The van der Waals surface area contributed by atoms with E-state index < -0.39 is 26.5 Å². The van der Waals surface area contributed by atoms with Crippen LogP contribution in [0.25, 0.3) is 5.13 Å². The first kappa shape index (κ1) is 16.9. The number of halogens is 4. The zero-order valence-electron chi connectivity index (χ0n) is 11.5. The highest BCUT2D eigenvalue weighted by Crippen LogP contribution is 2.36. The third-order valence-corrected chi connectivity index (χ3v) is 5.87. The summed E-state index contributed by atoms with van der Waals surface area (Å²) in [6, 6.07) is 5.23. The molecule has 0 fully saturated rings. The maximum absolute atomic E-state index is 13.1. The highest BCUT2D eigenvalue weighted by Gasteiger charge is 2.37. The molecule has 1 aromatic carbocycles. The van der Waals surface area contributed by atoms with Crippen molar-refractivity contribution in [3.05, 3.63) is 53.6 Å². The second-order valence-electron chi connectivity index (χ2n) is 4.60. The number of hydrogen-bond donors (Lipinski definition) is 0. The molecule has 0 N–H and O–H groups in total. The quantitative estimate of drug-likeness (QED) is 0.678. The number of sulfone groups is 1. The number of hydrogen-bond acceptors (Lipinski definition) is 5. The van der Waals surface area contributed by atoms with Gasteiger partial charge in [-0.1, -0.05) is 12.1 Å². The average Bonchev–Trinajstić information content (AvgIpc) is 3.15. The minimum absolute atomic E-state index is 0.00414. The maximum Gasteiger partial charge on any atom is 0.417 e. The number of aromatic nitrogens is 3. The van der Waals surface area contributed by atoms with Gasteiger partial charge in [0.2, 0.25) is 20.3 Å². The molecule has 2 heterocycles. The summed E-state index contributed by atoms with van der Waals surface area (Å²) in [7, 11) is -4.35. The second kappa shape index (κ2) is 5.87. The van der Waals surface area contributed by atoms with Crippen LogP contribution in [0.1, 0.15) is 5.56 Å². The summed E-state index contributed by atoms with van der Waals surface area (Å²) in [6.07, 6.45) is -2.25. The zero-order valence-corrected chi connectivity index (χ0v) is 13.9. The molecule has 0 amide bonds. The summed E-state index contributed by atoms with van der Waals surface area (Å²) in [4.78, 5) is 2.78. The van der Waals surface area contributed by atoms with Crippen LogP contribution in [0.4, 0.5) is 13.2 Å². The summed E-state index contributed by atoms with van der Waals surface area (Å²) in [5.41, 5.74) is -1.21. The van der Waals surface area contributed by atoms with E-state index in [0.717, 1.165) is 29.7 Å². The first-order chi connectivity index (χ1) is 11.2. The molecule has 0 spiro atoms. The molecule has 24 heavy (non-hydrogen) atoms. The lowest BCUT2D eigenvalue weighted by molar-refractivity contribution is -0.139. The SMILES string of the molecule is O=S(=O)(c1ccn(-c2nc(Cl)ns2)c1)c1ccccc1C(F)(F)F. The van der Waals surface area contributed by atoms with Crippen molar-refractivity contribution >= 4 is 33.0 Å². The van der Waals surface area contributed by atoms with Crippen LogP contribution in [-0.4, -0.2) is 22.3 Å². The van der Waals surface area contributed by atoms with E-state index in [1.165, 1.54) is 29.1 Å². The van der Waals surface area contributed by atoms with Gasteiger partial charge >= 0.3 is 6.18 Å². The first-order valence-corrected chi connectivity index (χ1v) is 8.92. The molecule has 2 aromatic heterocycles. The summed E-state index contributed by atoms with van der Waals surface area (Å²) >= 11 is 6.53. The summed E-state index contributed by atoms with van der Waals surface area (Å²) in [5, 5.41) is 0.293. The lowest BCUT2D eigenvalue weighted by Gasteiger charge is -2.12. The summed E-state index contributed by atoms with van der Waals surface area (Å²) in [6.45, 7) is 0. The number of rotatable bonds is 3. The summed E-state index contributed by atoms with van der Waals surface area (Å²) < 4.78 is 69.4. The summed E-state index contributed by atoms with van der Waals surface area (Å²) in [5.74, 6) is 0. The monoisotopic (exact) mass is 393 g/mol. The predicted molar refractivity (Wildman–Crippen MR) is 81.1 cm³/mol. The molecule has 3 aromatic rings. The van der Waals surface area contributed by atoms with Crippen LogP contribution in [-0.2, 0) is 16.0 Å². The Balaban J connectivity index is 2.09. The Labute approximate surface area is 143 Å². The fraction of sp³-hybridized carbons (Fsp3) is 0.0769. The van der Waals surface area contributed by atoms with Crippen molar-refractivity contribution in [1.29, 1.82) is 0 Å². The van der Waals surface area contributed by atoms with E-state index in [-0.39, 0.29) is 10.2 Å². The molecule has 3 rings (SSSR count). The van der Waals surface area contributed by atoms with E-state index in [1.807, 2.05) is 0 Å². The highest BCUT2D eigenvalue weighted by atomic mass is 35.5. The topological polar surface area (TPSA) is 64.8 Å². The lowest BCUT2D eigenvalue weighted by atomic mass is 10.2. The van der Waals surface area contributed by atoms with Crippen LogP contribution in [0.2, 0.25) is 5.28 Å². The Bertz CT molecular complexity index is 996. The largest absolute Gasteiger partial charge is 0.417 e. The van der Waals surface area contributed by atoms with Gasteiger partial charge in [0.1, 0.15) is 0 Å². The van der Waals surface area contributed by atoms with Crippen LogP contribution in [0.3, 0.4) is 0 Å². The van der Waals surface area contributed by atoms with Gasteiger partial charge in [0.15, 0.2) is 0 Å². The second-order valence-corrected chi connectivity index (χ2v) is 7.58. The van der Waals surface area contributed by atoms with Crippen molar-refractivity contribution < 1.29 is 21.6 Å². The zero-order chi connectivity index (χ0) is 17.5. The molecule has 0 radical (unpaired) electrons. The number of benzene rings is 1. The highest BCUT2D eigenvalue weighted by molar-refractivity contribution is 7.91. The van der Waals surface area contributed by atoms with Gasteiger partial charge in [0, 0.05) is 23.9 Å². The molecular weight excluding hydrogens is 387 g/mol. The standard InChI is InChI=1S/C13H7ClF3N3O2S2/c14-11-18-12(23-19-11)20-6-5-8(7-20)24(21,22)10-4-2-1-3-9(10)13(15,16)17/h1-7H. The molecule has 0 aliphatic heterocycles. The fourth-order valence-corrected chi connectivity index (χ4v) is 4.26. The fourth-order valence-electron chi connectivity index (χ4n) is 2.02. The molecule has 0 bridgehead atoms. The van der Waals surface area contributed by atoms with Gasteiger partial charge in [-0.2, -0.15) is 22.5 Å². The molecule has 0 unspecified atom stereocenters. The van der Waals surface area contributed by atoms with Crippen LogP contribution < -0.4 is 0 Å². The van der Waals surface area contributed by atoms with E-state index in [2.05, 4.69) is 9.36 Å². The van der Waals surface area contributed by atoms with Gasteiger partial charge in [0.25, 0.3) is 0 Å². The molecule has 0 saturated carbocycles. The molecule has 0 aliphatic rings. The van der Waals surface area contributed by atoms with Gasteiger partial charge < -0.3 is 0 Å². The van der Waals surface area contributed by atoms with Gasteiger partial charge in [0.05, 0.1) is 15.4 Å². The van der Waals surface area contributed by atoms with E-state index in [1.54, 1.807) is 0 Å². The first-order valence-electron chi connectivity index (χ1n) is 6.28. The van der Waals surface area contributed by atoms with Crippen molar-refractivity contribution in [3.8, 4) is 5.13 Å². The van der Waals surface area contributed by atoms with E-state index in [9.17, 15) is 21.6 Å². The van der Waals surface area contributed by atoms with Gasteiger partial charge in [-0.15, -0.1) is 0 Å². The van der Waals surface area contributed by atoms with Gasteiger partial charge in [-0.05, 0) is 29.8 Å². The van der Waals surface area contributed by atoms with Crippen LogP contribution in [0, 0.1) is 0 Å². The van der Waals surface area contributed by atoms with Crippen molar-refractivity contribution in [1.82, 2.24) is 13.9 Å². The van der Waals surface area contributed by atoms with Crippen molar-refractivity contribution in [3.63, 3.8) is 0 Å². The Kier molecular flexibility index (Phi) is 4.14. The molecule has 126 valence electrons. The van der Waals surface area contributed by atoms with Gasteiger partial charge in [-0.25, -0.2) is 8.42 Å². The molecule has 0 saturated heterocycles. The molecule has 0 aliphatic carbocycles. The molecule has 0 atom stereocenters. The van der Waals surface area contributed by atoms with Crippen molar-refractivity contribution in [2.45, 2.75) is 16.0 Å². The van der Waals surface area contributed by atoms with E-state index >= 15 is 0 Å². The average molecular weight is 394 g/mol. The molecule has 5 nitrogen and oxygen atoms in total. The lowest BCUT2D eigenvalue weighted by Crippen LogP contribution is -2.13. The number of alkyl halides is 3. The predicted octanol–water partition coefficient (Wildman–Crippen LogP) is 3.83. The van der Waals surface area contributed by atoms with Gasteiger partial charge in [-0.3, -0.25) is 4.57 Å². The van der Waals surface area contributed by atoms with Crippen molar-refractivity contribution in [2.24, 2.45) is 0 Å². The van der Waals surface area contributed by atoms with Crippen molar-refractivity contribution in [2.75, 3.05) is 0 Å². The number of nitrogens with zero attached hydrogens (tertiary/aromatic N) is 3. The third kappa shape index (κ3) is 3.04. The third-order valence-electron chi connectivity index (χ3n) is 3.07. The Morgan fingerprint density at radius 2 is 1.88 bits per heavy atom.